The molecule has 0 fully saturated rings. The topological polar surface area (TPSA) is 66.9 Å². The van der Waals surface area contributed by atoms with Crippen LogP contribution in [-0.4, -0.2) is 15.9 Å². The predicted octanol–water partition coefficient (Wildman–Crippen LogP) is 4.46. The van der Waals surface area contributed by atoms with Crippen LogP contribution in [0.15, 0.2) is 60.9 Å². The van der Waals surface area contributed by atoms with Gasteiger partial charge in [-0.2, -0.15) is 0 Å². The summed E-state index contributed by atoms with van der Waals surface area (Å²) in [5.74, 6) is 0.309. The van der Waals surface area contributed by atoms with Crippen LogP contribution in [-0.2, 0) is 6.54 Å². The van der Waals surface area contributed by atoms with Gasteiger partial charge in [-0.25, -0.2) is 4.98 Å². The Morgan fingerprint density at radius 2 is 1.76 bits per heavy atom. The van der Waals surface area contributed by atoms with Crippen molar-refractivity contribution in [1.29, 1.82) is 0 Å². The fourth-order valence-corrected chi connectivity index (χ4v) is 2.72. The molecule has 0 spiro atoms. The number of halogens is 2. The van der Waals surface area contributed by atoms with E-state index in [1.54, 1.807) is 42.7 Å². The second kappa shape index (κ2) is 7.96. The van der Waals surface area contributed by atoms with Crippen molar-refractivity contribution >= 4 is 40.6 Å². The molecule has 0 saturated heterocycles. The second-order valence-corrected chi connectivity index (χ2v) is 6.09. The standard InChI is InChI=1S/C18H14Cl2N4O/c19-13-8-14(20)10-16(9-13)24-17-7-12(4-6-22-17)18(25)23-11-15-3-1-2-5-21-15/h1-10H,11H2,(H,22,24)(H,23,25). The van der Waals surface area contributed by atoms with Gasteiger partial charge >= 0.3 is 0 Å². The van der Waals surface area contributed by atoms with E-state index >= 15 is 0 Å². The average Bonchev–Trinajstić information content (AvgIpc) is 2.60. The van der Waals surface area contributed by atoms with Gasteiger partial charge in [0.2, 0.25) is 0 Å². The number of nitrogens with one attached hydrogen (secondary N) is 2. The van der Waals surface area contributed by atoms with E-state index in [1.165, 1.54) is 0 Å². The van der Waals surface area contributed by atoms with E-state index in [4.69, 9.17) is 23.2 Å². The summed E-state index contributed by atoms with van der Waals surface area (Å²) in [4.78, 5) is 20.7. The van der Waals surface area contributed by atoms with Crippen LogP contribution in [0.4, 0.5) is 11.5 Å². The van der Waals surface area contributed by atoms with E-state index in [9.17, 15) is 4.79 Å². The van der Waals surface area contributed by atoms with Gasteiger partial charge in [-0.05, 0) is 42.5 Å². The van der Waals surface area contributed by atoms with Gasteiger partial charge in [0.1, 0.15) is 5.82 Å². The second-order valence-electron chi connectivity index (χ2n) is 5.22. The van der Waals surface area contributed by atoms with Gasteiger partial charge < -0.3 is 10.6 Å². The molecule has 2 aromatic heterocycles. The van der Waals surface area contributed by atoms with Crippen molar-refractivity contribution in [3.63, 3.8) is 0 Å². The molecule has 0 saturated carbocycles. The van der Waals surface area contributed by atoms with Crippen LogP contribution in [0.2, 0.25) is 10.0 Å². The number of pyridine rings is 2. The normalized spacial score (nSPS) is 10.3. The molecule has 2 N–H and O–H groups in total. The summed E-state index contributed by atoms with van der Waals surface area (Å²) < 4.78 is 0. The molecule has 2 heterocycles. The van der Waals surface area contributed by atoms with E-state index in [0.717, 1.165) is 5.69 Å². The maximum atomic E-state index is 12.3. The number of carbonyl (C=O) groups excluding carboxylic acids is 1. The molecule has 3 rings (SSSR count). The van der Waals surface area contributed by atoms with Crippen molar-refractivity contribution in [2.75, 3.05) is 5.32 Å². The molecular formula is C18H14Cl2N4O. The molecule has 5 nitrogen and oxygen atoms in total. The molecule has 3 aromatic rings. The lowest BCUT2D eigenvalue weighted by Gasteiger charge is -2.09. The number of hydrogen-bond donors (Lipinski definition) is 2. The number of hydrogen-bond acceptors (Lipinski definition) is 4. The molecule has 7 heteroatoms. The first-order valence-electron chi connectivity index (χ1n) is 7.47. The van der Waals surface area contributed by atoms with Crippen molar-refractivity contribution in [2.24, 2.45) is 0 Å². The molecule has 0 aliphatic rings. The third kappa shape index (κ3) is 4.92. The number of nitrogens with zero attached hydrogens (tertiary/aromatic N) is 2. The Kier molecular flexibility index (Phi) is 5.48. The molecule has 126 valence electrons. The molecule has 25 heavy (non-hydrogen) atoms. The van der Waals surface area contributed by atoms with Gasteiger partial charge in [-0.1, -0.05) is 29.3 Å². The summed E-state index contributed by atoms with van der Waals surface area (Å²) in [6, 6.07) is 13.9. The van der Waals surface area contributed by atoms with Crippen molar-refractivity contribution in [2.45, 2.75) is 6.54 Å². The highest BCUT2D eigenvalue weighted by Gasteiger charge is 2.08. The molecule has 1 aromatic carbocycles. The van der Waals surface area contributed by atoms with Crippen LogP contribution < -0.4 is 10.6 Å². The first-order chi connectivity index (χ1) is 12.1. The van der Waals surface area contributed by atoms with Gasteiger partial charge in [0.05, 0.1) is 12.2 Å². The minimum Gasteiger partial charge on any atom is -0.346 e. The summed E-state index contributed by atoms with van der Waals surface area (Å²) in [7, 11) is 0. The molecule has 0 atom stereocenters. The van der Waals surface area contributed by atoms with Crippen molar-refractivity contribution in [3.8, 4) is 0 Å². The number of aromatic nitrogens is 2. The first kappa shape index (κ1) is 17.2. The zero-order valence-corrected chi connectivity index (χ0v) is 14.6. The molecule has 0 radical (unpaired) electrons. The van der Waals surface area contributed by atoms with Crippen LogP contribution >= 0.6 is 23.2 Å². The molecule has 0 bridgehead atoms. The summed E-state index contributed by atoms with van der Waals surface area (Å²) >= 11 is 12.0. The Morgan fingerprint density at radius 3 is 2.48 bits per heavy atom. The zero-order valence-electron chi connectivity index (χ0n) is 13.0. The average molecular weight is 373 g/mol. The van der Waals surface area contributed by atoms with Crippen LogP contribution in [0.3, 0.4) is 0 Å². The SMILES string of the molecule is O=C(NCc1ccccn1)c1ccnc(Nc2cc(Cl)cc(Cl)c2)c1. The number of carbonyl (C=O) groups is 1. The van der Waals surface area contributed by atoms with E-state index in [0.29, 0.717) is 33.7 Å². The Labute approximate surface area is 155 Å². The fourth-order valence-electron chi connectivity index (χ4n) is 2.19. The predicted molar refractivity (Wildman–Crippen MR) is 99.4 cm³/mol. The maximum Gasteiger partial charge on any atom is 0.251 e. The van der Waals surface area contributed by atoms with Crippen molar-refractivity contribution in [1.82, 2.24) is 15.3 Å². The fraction of sp³-hybridized carbons (Fsp3) is 0.0556. The highest BCUT2D eigenvalue weighted by molar-refractivity contribution is 6.35. The summed E-state index contributed by atoms with van der Waals surface area (Å²) in [6.07, 6.45) is 3.25. The Balaban J connectivity index is 1.69. The lowest BCUT2D eigenvalue weighted by molar-refractivity contribution is 0.0950. The Hall–Kier alpha value is -2.63. The van der Waals surface area contributed by atoms with Crippen LogP contribution in [0.1, 0.15) is 16.1 Å². The lowest BCUT2D eigenvalue weighted by Crippen LogP contribution is -2.23. The van der Waals surface area contributed by atoms with Gasteiger partial charge in [-0.15, -0.1) is 0 Å². The number of anilines is 2. The monoisotopic (exact) mass is 372 g/mol. The quantitative estimate of drug-likeness (QED) is 0.693. The van der Waals surface area contributed by atoms with Gasteiger partial charge in [0.15, 0.2) is 0 Å². The largest absolute Gasteiger partial charge is 0.346 e. The van der Waals surface area contributed by atoms with Gasteiger partial charge in [0, 0.05) is 33.7 Å². The molecular weight excluding hydrogens is 359 g/mol. The third-order valence-corrected chi connectivity index (χ3v) is 3.75. The van der Waals surface area contributed by atoms with Crippen LogP contribution in [0.5, 0.6) is 0 Å². The maximum absolute atomic E-state index is 12.3. The summed E-state index contributed by atoms with van der Waals surface area (Å²) in [5, 5.41) is 6.93. The highest BCUT2D eigenvalue weighted by Crippen LogP contribution is 2.24. The third-order valence-electron chi connectivity index (χ3n) is 3.31. The summed E-state index contributed by atoms with van der Waals surface area (Å²) in [6.45, 7) is 0.356. The van der Waals surface area contributed by atoms with Crippen LogP contribution in [0, 0.1) is 0 Å². The molecule has 1 amide bonds. The minimum atomic E-state index is -0.208. The van der Waals surface area contributed by atoms with E-state index in [2.05, 4.69) is 20.6 Å². The zero-order chi connectivity index (χ0) is 17.6. The van der Waals surface area contributed by atoms with E-state index in [1.807, 2.05) is 18.2 Å². The Bertz CT molecular complexity index is 867. The molecule has 0 unspecified atom stereocenters. The molecule has 0 aliphatic heterocycles. The molecule has 0 aliphatic carbocycles. The van der Waals surface area contributed by atoms with Crippen molar-refractivity contribution in [3.05, 3.63) is 82.2 Å². The van der Waals surface area contributed by atoms with Gasteiger partial charge in [0.25, 0.3) is 5.91 Å². The summed E-state index contributed by atoms with van der Waals surface area (Å²) in [5.41, 5.74) is 1.97. The van der Waals surface area contributed by atoms with Gasteiger partial charge in [-0.3, -0.25) is 9.78 Å². The number of benzene rings is 1. The smallest absolute Gasteiger partial charge is 0.251 e. The lowest BCUT2D eigenvalue weighted by atomic mass is 10.2. The number of rotatable bonds is 5. The highest BCUT2D eigenvalue weighted by atomic mass is 35.5. The van der Waals surface area contributed by atoms with Crippen molar-refractivity contribution < 1.29 is 4.79 Å². The van der Waals surface area contributed by atoms with Crippen LogP contribution in [0.25, 0.3) is 0 Å². The minimum absolute atomic E-state index is 0.208. The first-order valence-corrected chi connectivity index (χ1v) is 8.23. The van der Waals surface area contributed by atoms with E-state index in [-0.39, 0.29) is 5.91 Å². The number of amides is 1. The Morgan fingerprint density at radius 1 is 0.960 bits per heavy atom. The van der Waals surface area contributed by atoms with E-state index < -0.39 is 0 Å².